The van der Waals surface area contributed by atoms with Crippen molar-refractivity contribution in [2.45, 2.75) is 39.2 Å². The van der Waals surface area contributed by atoms with Crippen LogP contribution in [0.15, 0.2) is 0 Å². The van der Waals surface area contributed by atoms with Gasteiger partial charge in [-0.05, 0) is 36.5 Å². The van der Waals surface area contributed by atoms with Crippen molar-refractivity contribution >= 4 is 0 Å². The van der Waals surface area contributed by atoms with Crippen molar-refractivity contribution in [3.63, 3.8) is 0 Å². The molecule has 2 nitrogen and oxygen atoms in total. The van der Waals surface area contributed by atoms with Crippen LogP contribution in [-0.4, -0.2) is 37.2 Å². The first-order valence-electron chi connectivity index (χ1n) is 6.54. The predicted molar refractivity (Wildman–Crippen MR) is 60.8 cm³/mol. The molecule has 0 amide bonds. The Kier molecular flexibility index (Phi) is 2.33. The number of hydrogen-bond acceptors (Lipinski definition) is 2. The molecule has 1 saturated carbocycles. The Labute approximate surface area is 93.0 Å². The van der Waals surface area contributed by atoms with Gasteiger partial charge in [0.2, 0.25) is 0 Å². The molecule has 2 atom stereocenters. The van der Waals surface area contributed by atoms with E-state index in [1.807, 2.05) is 0 Å². The molecule has 0 aromatic rings. The third-order valence-electron chi connectivity index (χ3n) is 5.09. The Bertz CT molecular complexity index is 247. The van der Waals surface area contributed by atoms with E-state index in [-0.39, 0.29) is 0 Å². The molecule has 3 rings (SSSR count). The van der Waals surface area contributed by atoms with Crippen LogP contribution >= 0.6 is 0 Å². The summed E-state index contributed by atoms with van der Waals surface area (Å²) in [6.07, 6.45) is 4.03. The average molecular weight is 209 g/mol. The molecule has 1 aliphatic carbocycles. The monoisotopic (exact) mass is 209 g/mol. The summed E-state index contributed by atoms with van der Waals surface area (Å²) >= 11 is 0. The molecule has 0 radical (unpaired) electrons. The fourth-order valence-corrected chi connectivity index (χ4v) is 3.78. The van der Waals surface area contributed by atoms with E-state index in [1.165, 1.54) is 32.4 Å². The maximum absolute atomic E-state index is 5.44. The quantitative estimate of drug-likeness (QED) is 0.691. The third-order valence-corrected chi connectivity index (χ3v) is 5.09. The Balaban J connectivity index is 1.62. The molecular weight excluding hydrogens is 186 g/mol. The third kappa shape index (κ3) is 1.53. The molecule has 0 bridgehead atoms. The van der Waals surface area contributed by atoms with Crippen molar-refractivity contribution in [3.05, 3.63) is 0 Å². The highest BCUT2D eigenvalue weighted by Gasteiger charge is 2.61. The minimum absolute atomic E-state index is 0.721. The van der Waals surface area contributed by atoms with Crippen molar-refractivity contribution in [3.8, 4) is 0 Å². The topological polar surface area (TPSA) is 12.5 Å². The van der Waals surface area contributed by atoms with E-state index in [1.54, 1.807) is 0 Å². The summed E-state index contributed by atoms with van der Waals surface area (Å²) in [6, 6.07) is 0.835. The first-order chi connectivity index (χ1) is 7.22. The highest BCUT2D eigenvalue weighted by atomic mass is 16.5. The lowest BCUT2D eigenvalue weighted by atomic mass is 9.91. The Morgan fingerprint density at radius 1 is 1.27 bits per heavy atom. The standard InChI is InChI=1S/C13H23NO/c1-10(2)13-7-11(13)8-14(9-13)12-3-5-15-6-4-12/h10-12H,3-9H2,1-2H3. The molecule has 0 N–H and O–H groups in total. The van der Waals surface area contributed by atoms with Gasteiger partial charge in [-0.1, -0.05) is 13.8 Å². The minimum Gasteiger partial charge on any atom is -0.381 e. The molecular formula is C13H23NO. The summed E-state index contributed by atoms with van der Waals surface area (Å²) in [4.78, 5) is 2.76. The number of rotatable bonds is 2. The summed E-state index contributed by atoms with van der Waals surface area (Å²) in [5, 5.41) is 0. The number of piperidine rings is 1. The molecule has 2 heterocycles. The smallest absolute Gasteiger partial charge is 0.0480 e. The van der Waals surface area contributed by atoms with E-state index in [2.05, 4.69) is 18.7 Å². The largest absolute Gasteiger partial charge is 0.381 e. The highest BCUT2D eigenvalue weighted by Crippen LogP contribution is 2.62. The first-order valence-corrected chi connectivity index (χ1v) is 6.54. The van der Waals surface area contributed by atoms with Crippen LogP contribution in [0.2, 0.25) is 0 Å². The molecule has 3 fully saturated rings. The maximum Gasteiger partial charge on any atom is 0.0480 e. The second-order valence-electron chi connectivity index (χ2n) is 6.06. The van der Waals surface area contributed by atoms with Crippen molar-refractivity contribution in [2.75, 3.05) is 26.3 Å². The summed E-state index contributed by atoms with van der Waals surface area (Å²) in [7, 11) is 0. The molecule has 0 spiro atoms. The minimum atomic E-state index is 0.721. The lowest BCUT2D eigenvalue weighted by Crippen LogP contribution is -2.40. The molecule has 0 aromatic carbocycles. The zero-order valence-electron chi connectivity index (χ0n) is 10.0. The lowest BCUT2D eigenvalue weighted by molar-refractivity contribution is 0.0348. The van der Waals surface area contributed by atoms with Gasteiger partial charge in [-0.3, -0.25) is 4.90 Å². The number of ether oxygens (including phenoxy) is 1. The van der Waals surface area contributed by atoms with E-state index >= 15 is 0 Å². The summed E-state index contributed by atoms with van der Waals surface area (Å²) in [5.74, 6) is 1.91. The maximum atomic E-state index is 5.44. The molecule has 0 aromatic heterocycles. The normalized spacial score (nSPS) is 42.2. The molecule has 3 aliphatic rings. The van der Waals surface area contributed by atoms with E-state index in [9.17, 15) is 0 Å². The van der Waals surface area contributed by atoms with Gasteiger partial charge in [0.25, 0.3) is 0 Å². The van der Waals surface area contributed by atoms with Gasteiger partial charge >= 0.3 is 0 Å². The number of hydrogen-bond donors (Lipinski definition) is 0. The highest BCUT2D eigenvalue weighted by molar-refractivity contribution is 5.12. The van der Waals surface area contributed by atoms with Crippen molar-refractivity contribution in [1.29, 1.82) is 0 Å². The van der Waals surface area contributed by atoms with Crippen LogP contribution in [0.4, 0.5) is 0 Å². The van der Waals surface area contributed by atoms with E-state index in [0.29, 0.717) is 0 Å². The number of likely N-dealkylation sites (tertiary alicyclic amines) is 1. The van der Waals surface area contributed by atoms with E-state index in [4.69, 9.17) is 4.74 Å². The van der Waals surface area contributed by atoms with Gasteiger partial charge in [-0.2, -0.15) is 0 Å². The molecule has 15 heavy (non-hydrogen) atoms. The Morgan fingerprint density at radius 2 is 2.00 bits per heavy atom. The van der Waals surface area contributed by atoms with Crippen LogP contribution < -0.4 is 0 Å². The zero-order valence-corrected chi connectivity index (χ0v) is 10.0. The molecule has 2 aliphatic heterocycles. The van der Waals surface area contributed by atoms with Gasteiger partial charge in [0.1, 0.15) is 0 Å². The van der Waals surface area contributed by atoms with Gasteiger partial charge in [0.15, 0.2) is 0 Å². The summed E-state index contributed by atoms with van der Waals surface area (Å²) in [6.45, 7) is 9.55. The summed E-state index contributed by atoms with van der Waals surface area (Å²) in [5.41, 5.74) is 0.721. The SMILES string of the molecule is CC(C)C12CC1CN(C1CCOCC1)C2. The first kappa shape index (κ1) is 10.1. The van der Waals surface area contributed by atoms with Crippen molar-refractivity contribution in [2.24, 2.45) is 17.3 Å². The van der Waals surface area contributed by atoms with Crippen LogP contribution in [-0.2, 0) is 4.74 Å². The fourth-order valence-electron chi connectivity index (χ4n) is 3.78. The van der Waals surface area contributed by atoms with Gasteiger partial charge in [-0.15, -0.1) is 0 Å². The van der Waals surface area contributed by atoms with Crippen molar-refractivity contribution in [1.82, 2.24) is 4.90 Å². The zero-order chi connectivity index (χ0) is 10.5. The van der Waals surface area contributed by atoms with Crippen LogP contribution in [0, 0.1) is 17.3 Å². The molecule has 2 saturated heterocycles. The second kappa shape index (κ2) is 3.46. The Morgan fingerprint density at radius 3 is 2.60 bits per heavy atom. The van der Waals surface area contributed by atoms with Gasteiger partial charge in [0, 0.05) is 32.3 Å². The van der Waals surface area contributed by atoms with Crippen LogP contribution in [0.5, 0.6) is 0 Å². The molecule has 2 heteroatoms. The average Bonchev–Trinajstić information content (AvgIpc) is 2.84. The van der Waals surface area contributed by atoms with E-state index in [0.717, 1.165) is 36.5 Å². The van der Waals surface area contributed by atoms with E-state index < -0.39 is 0 Å². The molecule has 2 unspecified atom stereocenters. The van der Waals surface area contributed by atoms with Gasteiger partial charge in [0.05, 0.1) is 0 Å². The second-order valence-corrected chi connectivity index (χ2v) is 6.06. The number of fused-ring (bicyclic) bond motifs is 1. The van der Waals surface area contributed by atoms with Gasteiger partial charge in [-0.25, -0.2) is 0 Å². The molecule has 86 valence electrons. The number of nitrogens with zero attached hydrogens (tertiary/aromatic N) is 1. The van der Waals surface area contributed by atoms with Crippen LogP contribution in [0.25, 0.3) is 0 Å². The lowest BCUT2D eigenvalue weighted by Gasteiger charge is -2.33. The van der Waals surface area contributed by atoms with Crippen molar-refractivity contribution < 1.29 is 4.74 Å². The Hall–Kier alpha value is -0.0800. The van der Waals surface area contributed by atoms with Gasteiger partial charge < -0.3 is 4.74 Å². The fraction of sp³-hybridized carbons (Fsp3) is 1.00. The van der Waals surface area contributed by atoms with Crippen LogP contribution in [0.1, 0.15) is 33.1 Å². The predicted octanol–water partition coefficient (Wildman–Crippen LogP) is 2.14. The summed E-state index contributed by atoms with van der Waals surface area (Å²) < 4.78 is 5.44. The van der Waals surface area contributed by atoms with Crippen LogP contribution in [0.3, 0.4) is 0 Å².